The van der Waals surface area contributed by atoms with Crippen molar-refractivity contribution in [1.29, 1.82) is 0 Å². The van der Waals surface area contributed by atoms with E-state index in [1.54, 1.807) is 0 Å². The van der Waals surface area contributed by atoms with Gasteiger partial charge in [-0.1, -0.05) is 6.07 Å². The van der Waals surface area contributed by atoms with Crippen LogP contribution in [0.1, 0.15) is 18.9 Å². The first kappa shape index (κ1) is 16.1. The van der Waals surface area contributed by atoms with Gasteiger partial charge in [0.25, 0.3) is 0 Å². The van der Waals surface area contributed by atoms with Crippen molar-refractivity contribution in [1.82, 2.24) is 0 Å². The average molecular weight is 353 g/mol. The maximum atomic E-state index is 13.1. The van der Waals surface area contributed by atoms with Crippen molar-refractivity contribution in [3.8, 4) is 0 Å². The molecule has 0 heterocycles. The molecule has 1 unspecified atom stereocenters. The van der Waals surface area contributed by atoms with Crippen LogP contribution in [-0.2, 0) is 25.1 Å². The fourth-order valence-corrected chi connectivity index (χ4v) is 3.19. The van der Waals surface area contributed by atoms with E-state index in [1.807, 2.05) is 0 Å². The normalized spacial score (nSPS) is 13.1. The third kappa shape index (κ3) is 4.58. The molecule has 0 saturated carbocycles. The van der Waals surface area contributed by atoms with Crippen molar-refractivity contribution in [3.05, 3.63) is 34.1 Å². The number of sulfone groups is 1. The summed E-state index contributed by atoms with van der Waals surface area (Å²) in [4.78, 5) is 11.1. The summed E-state index contributed by atoms with van der Waals surface area (Å²) in [6, 6.07) is 4.01. The summed E-state index contributed by atoms with van der Waals surface area (Å²) in [5.74, 6) is -1.27. The van der Waals surface area contributed by atoms with Gasteiger partial charge in [0.2, 0.25) is 0 Å². The number of carbonyl (C=O) groups excluding carboxylic acids is 1. The number of benzene rings is 1. The summed E-state index contributed by atoms with van der Waals surface area (Å²) in [6.07, 6.45) is -0.193. The molecule has 0 fully saturated rings. The predicted octanol–water partition coefficient (Wildman–Crippen LogP) is 2.45. The maximum absolute atomic E-state index is 13.1. The predicted molar refractivity (Wildman–Crippen MR) is 72.8 cm³/mol. The van der Waals surface area contributed by atoms with E-state index in [-0.39, 0.29) is 16.6 Å². The summed E-state index contributed by atoms with van der Waals surface area (Å²) < 4.78 is 41.8. The highest BCUT2D eigenvalue weighted by Crippen LogP contribution is 2.20. The van der Waals surface area contributed by atoms with E-state index in [0.29, 0.717) is 5.56 Å². The summed E-state index contributed by atoms with van der Waals surface area (Å²) >= 11 is 3.00. The minimum absolute atomic E-state index is 0.193. The molecular weight excluding hydrogens is 339 g/mol. The second kappa shape index (κ2) is 6.47. The molecule has 1 aromatic rings. The molecule has 7 heteroatoms. The molecule has 1 atom stereocenters. The van der Waals surface area contributed by atoms with Crippen LogP contribution in [0.2, 0.25) is 0 Å². The first-order chi connectivity index (χ1) is 8.76. The van der Waals surface area contributed by atoms with E-state index in [0.717, 1.165) is 0 Å². The van der Waals surface area contributed by atoms with E-state index >= 15 is 0 Å². The van der Waals surface area contributed by atoms with Crippen molar-refractivity contribution in [3.63, 3.8) is 0 Å². The Hall–Kier alpha value is -0.950. The van der Waals surface area contributed by atoms with Crippen molar-refractivity contribution >= 4 is 31.7 Å². The minimum atomic E-state index is -3.49. The number of carbonyl (C=O) groups is 1. The van der Waals surface area contributed by atoms with Crippen LogP contribution in [0.25, 0.3) is 0 Å². The van der Waals surface area contributed by atoms with Gasteiger partial charge in [-0.3, -0.25) is 4.79 Å². The molecular formula is C12H14BrFO4S. The van der Waals surface area contributed by atoms with Gasteiger partial charge in [-0.2, -0.15) is 0 Å². The van der Waals surface area contributed by atoms with E-state index in [2.05, 4.69) is 20.7 Å². The van der Waals surface area contributed by atoms with E-state index in [1.165, 1.54) is 32.2 Å². The molecule has 106 valence electrons. The Morgan fingerprint density at radius 3 is 2.63 bits per heavy atom. The Bertz CT molecular complexity index is 571. The lowest BCUT2D eigenvalue weighted by atomic mass is 10.2. The van der Waals surface area contributed by atoms with Gasteiger partial charge >= 0.3 is 5.97 Å². The highest BCUT2D eigenvalue weighted by molar-refractivity contribution is 9.10. The number of hydrogen-bond acceptors (Lipinski definition) is 4. The smallest absolute Gasteiger partial charge is 0.306 e. The number of rotatable bonds is 5. The first-order valence-electron chi connectivity index (χ1n) is 5.48. The van der Waals surface area contributed by atoms with Crippen molar-refractivity contribution < 1.29 is 22.3 Å². The number of esters is 1. The zero-order chi connectivity index (χ0) is 14.6. The Labute approximate surface area is 120 Å². The van der Waals surface area contributed by atoms with Gasteiger partial charge in [0.15, 0.2) is 9.84 Å². The number of methoxy groups -OCH3 is 1. The Morgan fingerprint density at radius 1 is 1.47 bits per heavy atom. The highest BCUT2D eigenvalue weighted by Gasteiger charge is 2.24. The third-order valence-electron chi connectivity index (χ3n) is 2.65. The quantitative estimate of drug-likeness (QED) is 0.763. The molecule has 0 aliphatic carbocycles. The second-order valence-electron chi connectivity index (χ2n) is 4.15. The Balaban J connectivity index is 2.84. The standard InChI is InChI=1S/C12H14BrFO4S/c1-8(5-12(15)18-2)19(16,17)7-9-3-4-11(14)10(13)6-9/h3-4,6,8H,5,7H2,1-2H3. The van der Waals surface area contributed by atoms with Gasteiger partial charge in [0.1, 0.15) is 5.82 Å². The highest BCUT2D eigenvalue weighted by atomic mass is 79.9. The SMILES string of the molecule is COC(=O)CC(C)S(=O)(=O)Cc1ccc(F)c(Br)c1. The number of hydrogen-bond donors (Lipinski definition) is 0. The van der Waals surface area contributed by atoms with Crippen LogP contribution in [0.3, 0.4) is 0 Å². The lowest BCUT2D eigenvalue weighted by molar-refractivity contribution is -0.140. The van der Waals surface area contributed by atoms with Crippen LogP contribution in [0.4, 0.5) is 4.39 Å². The number of halogens is 2. The van der Waals surface area contributed by atoms with E-state index in [9.17, 15) is 17.6 Å². The van der Waals surface area contributed by atoms with Crippen LogP contribution in [-0.4, -0.2) is 26.7 Å². The second-order valence-corrected chi connectivity index (χ2v) is 7.42. The van der Waals surface area contributed by atoms with Crippen LogP contribution in [0.15, 0.2) is 22.7 Å². The molecule has 0 bridgehead atoms. The Kier molecular flexibility index (Phi) is 5.49. The summed E-state index contributed by atoms with van der Waals surface area (Å²) in [6.45, 7) is 1.45. The molecule has 0 aliphatic heterocycles. The van der Waals surface area contributed by atoms with Gasteiger partial charge in [0.05, 0.1) is 29.0 Å². The Morgan fingerprint density at radius 2 is 2.11 bits per heavy atom. The molecule has 4 nitrogen and oxygen atoms in total. The van der Waals surface area contributed by atoms with E-state index < -0.39 is 26.9 Å². The minimum Gasteiger partial charge on any atom is -0.469 e. The average Bonchev–Trinajstić information content (AvgIpc) is 2.33. The summed E-state index contributed by atoms with van der Waals surface area (Å²) in [5.41, 5.74) is 0.463. The molecule has 0 aromatic heterocycles. The summed E-state index contributed by atoms with van der Waals surface area (Å²) in [5, 5.41) is -0.844. The largest absolute Gasteiger partial charge is 0.469 e. The van der Waals surface area contributed by atoms with E-state index in [4.69, 9.17) is 0 Å². The molecule has 0 aliphatic rings. The van der Waals surface area contributed by atoms with Gasteiger partial charge in [-0.25, -0.2) is 12.8 Å². The molecule has 1 aromatic carbocycles. The van der Waals surface area contributed by atoms with Crippen molar-refractivity contribution in [2.24, 2.45) is 0 Å². The van der Waals surface area contributed by atoms with Gasteiger partial charge in [0, 0.05) is 0 Å². The van der Waals surface area contributed by atoms with Gasteiger partial charge < -0.3 is 4.74 Å². The maximum Gasteiger partial charge on any atom is 0.306 e. The van der Waals surface area contributed by atoms with Crippen LogP contribution >= 0.6 is 15.9 Å². The lowest BCUT2D eigenvalue weighted by Crippen LogP contribution is -2.23. The molecule has 0 amide bonds. The lowest BCUT2D eigenvalue weighted by Gasteiger charge is -2.12. The fourth-order valence-electron chi connectivity index (χ4n) is 1.45. The van der Waals surface area contributed by atoms with Crippen LogP contribution < -0.4 is 0 Å². The molecule has 0 saturated heterocycles. The van der Waals surface area contributed by atoms with Crippen LogP contribution in [0, 0.1) is 5.82 Å². The molecule has 0 spiro atoms. The number of ether oxygens (including phenoxy) is 1. The zero-order valence-electron chi connectivity index (χ0n) is 10.5. The van der Waals surface area contributed by atoms with Crippen molar-refractivity contribution in [2.75, 3.05) is 7.11 Å². The topological polar surface area (TPSA) is 60.4 Å². The molecule has 19 heavy (non-hydrogen) atoms. The van der Waals surface area contributed by atoms with Crippen molar-refractivity contribution in [2.45, 2.75) is 24.3 Å². The van der Waals surface area contributed by atoms with Gasteiger partial charge in [-0.05, 0) is 40.5 Å². The van der Waals surface area contributed by atoms with Crippen LogP contribution in [0.5, 0.6) is 0 Å². The molecule has 0 N–H and O–H groups in total. The monoisotopic (exact) mass is 352 g/mol. The van der Waals surface area contributed by atoms with Gasteiger partial charge in [-0.15, -0.1) is 0 Å². The first-order valence-corrected chi connectivity index (χ1v) is 7.99. The molecule has 1 rings (SSSR count). The molecule has 0 radical (unpaired) electrons. The third-order valence-corrected chi connectivity index (χ3v) is 5.38. The zero-order valence-corrected chi connectivity index (χ0v) is 12.9. The summed E-state index contributed by atoms with van der Waals surface area (Å²) in [7, 11) is -2.29. The fraction of sp³-hybridized carbons (Fsp3) is 0.417.